The van der Waals surface area contributed by atoms with Crippen LogP contribution in [0.5, 0.6) is 0 Å². The zero-order valence-corrected chi connectivity index (χ0v) is 14.8. The minimum atomic E-state index is -1.21. The molecular weight excluding hydrogens is 360 g/mol. The minimum Gasteiger partial charge on any atom is -0.480 e. The van der Waals surface area contributed by atoms with Gasteiger partial charge in [-0.3, -0.25) is 19.2 Å². The topological polar surface area (TPSA) is 233 Å². The van der Waals surface area contributed by atoms with Gasteiger partial charge < -0.3 is 38.3 Å². The maximum atomic E-state index is 10.4. The summed E-state index contributed by atoms with van der Waals surface area (Å²) < 4.78 is 0. The third-order valence-electron chi connectivity index (χ3n) is 2.74. The van der Waals surface area contributed by atoms with Crippen molar-refractivity contribution in [3.8, 4) is 0 Å². The number of hydrogen-bond acceptors (Lipinski definition) is 7. The molecule has 1 aromatic carbocycles. The standard InChI is InChI=1S/C9H11NO2.C4H8N2O3.C3H7NO2/c10-8(9(11)12)6-7-4-2-1-3-5-7;5-2(4(8)9)1-3(6)7;1-2(4)3(5)6/h1-5,8H,6,10H2,(H,11,12);2H,1,5H2,(H2,6,7)(H,8,9);2H,4H2,1H3,(H,5,6). The predicted molar refractivity (Wildman–Crippen MR) is 96.5 cm³/mol. The van der Waals surface area contributed by atoms with Crippen molar-refractivity contribution in [2.45, 2.75) is 37.9 Å². The van der Waals surface area contributed by atoms with Gasteiger partial charge in [0.2, 0.25) is 5.91 Å². The Morgan fingerprint density at radius 3 is 1.52 bits per heavy atom. The zero-order valence-electron chi connectivity index (χ0n) is 14.8. The lowest BCUT2D eigenvalue weighted by Crippen LogP contribution is -2.34. The molecule has 1 amide bonds. The molecule has 0 aliphatic carbocycles. The van der Waals surface area contributed by atoms with E-state index in [1.165, 1.54) is 6.92 Å². The molecule has 0 aliphatic heterocycles. The second-order valence-corrected chi connectivity index (χ2v) is 5.38. The molecule has 152 valence electrons. The monoisotopic (exact) mass is 386 g/mol. The van der Waals surface area contributed by atoms with Crippen molar-refractivity contribution >= 4 is 23.8 Å². The largest absolute Gasteiger partial charge is 0.480 e. The van der Waals surface area contributed by atoms with Crippen LogP contribution in [0.2, 0.25) is 0 Å². The van der Waals surface area contributed by atoms with E-state index < -0.39 is 41.9 Å². The smallest absolute Gasteiger partial charge is 0.321 e. The molecule has 3 atom stereocenters. The van der Waals surface area contributed by atoms with Gasteiger partial charge in [0, 0.05) is 0 Å². The maximum absolute atomic E-state index is 10.4. The second kappa shape index (κ2) is 14.2. The number of rotatable bonds is 7. The van der Waals surface area contributed by atoms with Crippen LogP contribution in [0, 0.1) is 0 Å². The van der Waals surface area contributed by atoms with E-state index in [0.717, 1.165) is 5.56 Å². The first-order valence-corrected chi connectivity index (χ1v) is 7.65. The van der Waals surface area contributed by atoms with Gasteiger partial charge >= 0.3 is 17.9 Å². The number of carbonyl (C=O) groups is 4. The van der Waals surface area contributed by atoms with Gasteiger partial charge in [-0.2, -0.15) is 0 Å². The van der Waals surface area contributed by atoms with Crippen molar-refractivity contribution in [2.24, 2.45) is 22.9 Å². The lowest BCUT2D eigenvalue weighted by Gasteiger charge is -2.04. The summed E-state index contributed by atoms with van der Waals surface area (Å²) in [5.41, 5.74) is 20.7. The summed E-state index contributed by atoms with van der Waals surface area (Å²) in [6, 6.07) is 6.65. The van der Waals surface area contributed by atoms with E-state index in [9.17, 15) is 19.2 Å². The number of carboxylic acid groups (broad SMARTS) is 3. The highest BCUT2D eigenvalue weighted by Crippen LogP contribution is 2.01. The van der Waals surface area contributed by atoms with Crippen molar-refractivity contribution in [2.75, 3.05) is 0 Å². The molecule has 11 heteroatoms. The summed E-state index contributed by atoms with van der Waals surface area (Å²) in [5.74, 6) is -3.84. The van der Waals surface area contributed by atoms with E-state index in [1.54, 1.807) is 0 Å². The fourth-order valence-corrected chi connectivity index (χ4v) is 1.26. The number of primary amides is 1. The molecule has 1 rings (SSSR count). The van der Waals surface area contributed by atoms with Crippen molar-refractivity contribution in [1.82, 2.24) is 0 Å². The van der Waals surface area contributed by atoms with Crippen LogP contribution in [0.25, 0.3) is 0 Å². The Kier molecular flexibility index (Phi) is 13.8. The molecule has 27 heavy (non-hydrogen) atoms. The predicted octanol–water partition coefficient (Wildman–Crippen LogP) is -1.67. The Labute approximate surface area is 155 Å². The number of carbonyl (C=O) groups excluding carboxylic acids is 1. The fourth-order valence-electron chi connectivity index (χ4n) is 1.26. The molecular formula is C16H26N4O7. The van der Waals surface area contributed by atoms with Gasteiger partial charge in [0.1, 0.15) is 18.1 Å². The highest BCUT2D eigenvalue weighted by molar-refractivity contribution is 5.83. The summed E-state index contributed by atoms with van der Waals surface area (Å²) in [7, 11) is 0. The van der Waals surface area contributed by atoms with Gasteiger partial charge in [0.05, 0.1) is 6.42 Å². The number of amides is 1. The zero-order chi connectivity index (χ0) is 21.6. The van der Waals surface area contributed by atoms with E-state index in [1.807, 2.05) is 30.3 Å². The first-order valence-electron chi connectivity index (χ1n) is 7.65. The Bertz CT molecular complexity index is 608. The van der Waals surface area contributed by atoms with Crippen LogP contribution in [0.3, 0.4) is 0 Å². The first kappa shape index (κ1) is 26.2. The van der Waals surface area contributed by atoms with Crippen molar-refractivity contribution in [1.29, 1.82) is 0 Å². The molecule has 0 saturated heterocycles. The van der Waals surface area contributed by atoms with Crippen molar-refractivity contribution < 1.29 is 34.5 Å². The van der Waals surface area contributed by atoms with Crippen molar-refractivity contribution in [3.05, 3.63) is 35.9 Å². The van der Waals surface area contributed by atoms with Gasteiger partial charge in [-0.1, -0.05) is 30.3 Å². The minimum absolute atomic E-state index is 0.310. The Hall–Kier alpha value is -3.02. The Morgan fingerprint density at radius 1 is 0.852 bits per heavy atom. The molecule has 0 radical (unpaired) electrons. The van der Waals surface area contributed by atoms with E-state index in [0.29, 0.717) is 6.42 Å². The SMILES string of the molecule is CC(N)C(=O)O.NC(=O)CC(N)C(=O)O.NC(Cc1ccccc1)C(=O)O. The summed E-state index contributed by atoms with van der Waals surface area (Å²) in [6.45, 7) is 1.42. The maximum Gasteiger partial charge on any atom is 0.321 e. The van der Waals surface area contributed by atoms with E-state index in [-0.39, 0.29) is 6.42 Å². The van der Waals surface area contributed by atoms with Crippen LogP contribution in [0.1, 0.15) is 18.9 Å². The third kappa shape index (κ3) is 16.2. The average molecular weight is 386 g/mol. The van der Waals surface area contributed by atoms with E-state index >= 15 is 0 Å². The highest BCUT2D eigenvalue weighted by Gasteiger charge is 2.13. The summed E-state index contributed by atoms with van der Waals surface area (Å²) in [5, 5.41) is 24.5. The number of hydrogen-bond donors (Lipinski definition) is 7. The highest BCUT2D eigenvalue weighted by atomic mass is 16.4. The lowest BCUT2D eigenvalue weighted by molar-refractivity contribution is -0.140. The second-order valence-electron chi connectivity index (χ2n) is 5.38. The molecule has 0 heterocycles. The van der Waals surface area contributed by atoms with Crippen LogP contribution in [0.15, 0.2) is 30.3 Å². The lowest BCUT2D eigenvalue weighted by atomic mass is 10.1. The number of benzene rings is 1. The molecule has 0 fully saturated rings. The van der Waals surface area contributed by atoms with Gasteiger partial charge in [-0.15, -0.1) is 0 Å². The molecule has 1 aromatic rings. The molecule has 0 bridgehead atoms. The van der Waals surface area contributed by atoms with Crippen LogP contribution in [0.4, 0.5) is 0 Å². The molecule has 0 aromatic heterocycles. The Balaban J connectivity index is 0. The summed E-state index contributed by atoms with van der Waals surface area (Å²) >= 11 is 0. The van der Waals surface area contributed by atoms with Gasteiger partial charge in [0.15, 0.2) is 0 Å². The molecule has 11 N–H and O–H groups in total. The van der Waals surface area contributed by atoms with Crippen LogP contribution >= 0.6 is 0 Å². The van der Waals surface area contributed by atoms with Crippen molar-refractivity contribution in [3.63, 3.8) is 0 Å². The third-order valence-corrected chi connectivity index (χ3v) is 2.74. The summed E-state index contributed by atoms with van der Waals surface area (Å²) in [4.78, 5) is 39.8. The quantitative estimate of drug-likeness (QED) is 0.281. The number of nitrogens with two attached hydrogens (primary N) is 4. The number of carboxylic acids is 3. The van der Waals surface area contributed by atoms with Crippen LogP contribution in [-0.2, 0) is 25.6 Å². The normalized spacial score (nSPS) is 12.7. The molecule has 0 aliphatic rings. The fraction of sp³-hybridized carbons (Fsp3) is 0.375. The summed E-state index contributed by atoms with van der Waals surface area (Å²) in [6.07, 6.45) is 0.0749. The molecule has 11 nitrogen and oxygen atoms in total. The van der Waals surface area contributed by atoms with Gasteiger partial charge in [-0.05, 0) is 18.9 Å². The Morgan fingerprint density at radius 2 is 1.26 bits per heavy atom. The van der Waals surface area contributed by atoms with Gasteiger partial charge in [-0.25, -0.2) is 0 Å². The number of aliphatic carboxylic acids is 3. The first-order chi connectivity index (χ1) is 12.4. The molecule has 0 spiro atoms. The average Bonchev–Trinajstić information content (AvgIpc) is 2.56. The van der Waals surface area contributed by atoms with Crippen LogP contribution in [-0.4, -0.2) is 57.3 Å². The molecule has 3 unspecified atom stereocenters. The van der Waals surface area contributed by atoms with E-state index in [4.69, 9.17) is 32.5 Å². The molecule has 0 saturated carbocycles. The van der Waals surface area contributed by atoms with E-state index in [2.05, 4.69) is 5.73 Å². The van der Waals surface area contributed by atoms with Gasteiger partial charge in [0.25, 0.3) is 0 Å². The van der Waals surface area contributed by atoms with Crippen LogP contribution < -0.4 is 22.9 Å².